The Morgan fingerprint density at radius 1 is 1.21 bits per heavy atom. The number of hydrogen-bond donors (Lipinski definition) is 2. The van der Waals surface area contributed by atoms with Crippen LogP contribution in [0.5, 0.6) is 0 Å². The lowest BCUT2D eigenvalue weighted by atomic mass is 10.2. The number of carboxylic acid groups (broad SMARTS) is 1. The molecule has 102 valence electrons. The lowest BCUT2D eigenvalue weighted by molar-refractivity contribution is -0.139. The first-order chi connectivity index (χ1) is 9.06. The number of aliphatic carboxylic acids is 1. The summed E-state index contributed by atoms with van der Waals surface area (Å²) in [6, 6.07) is 0. The minimum absolute atomic E-state index is 0.148. The molecule has 0 aliphatic heterocycles. The Morgan fingerprint density at radius 3 is 2.42 bits per heavy atom. The Kier molecular flexibility index (Phi) is 3.73. The van der Waals surface area contributed by atoms with Gasteiger partial charge in [0.2, 0.25) is 11.9 Å². The number of carbonyl (C=O) groups excluding carboxylic acids is 1. The highest BCUT2D eigenvalue weighted by Crippen LogP contribution is 2.39. The largest absolute Gasteiger partial charge is 0.481 e. The number of aryl methyl sites for hydroxylation is 2. The maximum absolute atomic E-state index is 11.8. The number of rotatable bonds is 5. The van der Waals surface area contributed by atoms with Crippen LogP contribution in [0.1, 0.15) is 31.7 Å². The van der Waals surface area contributed by atoms with Crippen LogP contribution in [-0.2, 0) is 22.4 Å². The highest BCUT2D eigenvalue weighted by molar-refractivity contribution is 5.97. The van der Waals surface area contributed by atoms with Crippen molar-refractivity contribution in [1.82, 2.24) is 15.2 Å². The molecule has 2 unspecified atom stereocenters. The quantitative estimate of drug-likeness (QED) is 0.809. The molecule has 0 spiro atoms. The van der Waals surface area contributed by atoms with Crippen LogP contribution in [0.15, 0.2) is 0 Å². The van der Waals surface area contributed by atoms with E-state index in [2.05, 4.69) is 20.5 Å². The number of hydrogen-bond acceptors (Lipinski definition) is 5. The molecule has 1 aliphatic rings. The van der Waals surface area contributed by atoms with Crippen molar-refractivity contribution in [3.05, 3.63) is 11.4 Å². The smallest absolute Gasteiger partial charge is 0.307 e. The van der Waals surface area contributed by atoms with Crippen molar-refractivity contribution < 1.29 is 14.7 Å². The van der Waals surface area contributed by atoms with Crippen LogP contribution in [0.3, 0.4) is 0 Å². The van der Waals surface area contributed by atoms with E-state index in [1.54, 1.807) is 0 Å². The lowest BCUT2D eigenvalue weighted by Crippen LogP contribution is -2.19. The molecule has 1 fully saturated rings. The molecule has 7 nitrogen and oxygen atoms in total. The zero-order valence-corrected chi connectivity index (χ0v) is 10.9. The Labute approximate surface area is 110 Å². The maximum atomic E-state index is 11.8. The van der Waals surface area contributed by atoms with Gasteiger partial charge < -0.3 is 5.11 Å². The molecular weight excluding hydrogens is 248 g/mol. The van der Waals surface area contributed by atoms with E-state index < -0.39 is 17.8 Å². The van der Waals surface area contributed by atoms with Crippen molar-refractivity contribution >= 4 is 17.8 Å². The number of nitrogens with zero attached hydrogens (tertiary/aromatic N) is 3. The summed E-state index contributed by atoms with van der Waals surface area (Å²) in [5, 5.41) is 19.1. The third kappa shape index (κ3) is 2.86. The van der Waals surface area contributed by atoms with Gasteiger partial charge >= 0.3 is 5.97 Å². The fourth-order valence-corrected chi connectivity index (χ4v) is 1.95. The normalized spacial score (nSPS) is 20.9. The summed E-state index contributed by atoms with van der Waals surface area (Å²) in [6.45, 7) is 3.92. The van der Waals surface area contributed by atoms with Crippen LogP contribution < -0.4 is 5.32 Å². The summed E-state index contributed by atoms with van der Waals surface area (Å²) in [7, 11) is 0. The molecule has 2 rings (SSSR count). The fraction of sp³-hybridized carbons (Fsp3) is 0.583. The molecule has 1 heterocycles. The molecule has 19 heavy (non-hydrogen) atoms. The van der Waals surface area contributed by atoms with Gasteiger partial charge in [0.15, 0.2) is 0 Å². The summed E-state index contributed by atoms with van der Waals surface area (Å²) in [4.78, 5) is 26.7. The minimum atomic E-state index is -0.935. The Bertz CT molecular complexity index is 518. The summed E-state index contributed by atoms with van der Waals surface area (Å²) >= 11 is 0. The number of aromatic nitrogens is 3. The highest BCUT2D eigenvalue weighted by Gasteiger charge is 2.48. The van der Waals surface area contributed by atoms with E-state index in [4.69, 9.17) is 5.11 Å². The molecule has 2 atom stereocenters. The summed E-state index contributed by atoms with van der Waals surface area (Å²) < 4.78 is 0. The molecule has 7 heteroatoms. The van der Waals surface area contributed by atoms with Gasteiger partial charge in [0.25, 0.3) is 0 Å². The van der Waals surface area contributed by atoms with Crippen LogP contribution in [0.25, 0.3) is 0 Å². The van der Waals surface area contributed by atoms with E-state index in [0.717, 1.165) is 17.8 Å². The van der Waals surface area contributed by atoms with E-state index in [0.29, 0.717) is 12.8 Å². The number of carbonyl (C=O) groups is 2. The zero-order valence-electron chi connectivity index (χ0n) is 10.9. The second kappa shape index (κ2) is 5.29. The van der Waals surface area contributed by atoms with Crippen molar-refractivity contribution in [3.8, 4) is 0 Å². The minimum Gasteiger partial charge on any atom is -0.481 e. The second-order valence-electron chi connectivity index (χ2n) is 4.51. The van der Waals surface area contributed by atoms with Gasteiger partial charge in [-0.1, -0.05) is 13.8 Å². The maximum Gasteiger partial charge on any atom is 0.307 e. The van der Waals surface area contributed by atoms with Crippen molar-refractivity contribution in [2.75, 3.05) is 5.32 Å². The topological polar surface area (TPSA) is 105 Å². The van der Waals surface area contributed by atoms with Crippen molar-refractivity contribution in [1.29, 1.82) is 0 Å². The van der Waals surface area contributed by atoms with Crippen LogP contribution in [0, 0.1) is 11.8 Å². The first kappa shape index (κ1) is 13.4. The van der Waals surface area contributed by atoms with Gasteiger partial charge in [0, 0.05) is 0 Å². The van der Waals surface area contributed by atoms with E-state index in [1.807, 2.05) is 13.8 Å². The van der Waals surface area contributed by atoms with Gasteiger partial charge in [-0.05, 0) is 19.3 Å². The first-order valence-corrected chi connectivity index (χ1v) is 6.32. The lowest BCUT2D eigenvalue weighted by Gasteiger charge is -2.06. The van der Waals surface area contributed by atoms with E-state index in [-0.39, 0.29) is 11.9 Å². The number of amides is 1. The van der Waals surface area contributed by atoms with Gasteiger partial charge in [0.05, 0.1) is 23.2 Å². The molecule has 0 aromatic carbocycles. The monoisotopic (exact) mass is 264 g/mol. The summed E-state index contributed by atoms with van der Waals surface area (Å²) in [5.41, 5.74) is 1.62. The van der Waals surface area contributed by atoms with Gasteiger partial charge in [-0.25, -0.2) is 4.98 Å². The Morgan fingerprint density at radius 2 is 1.89 bits per heavy atom. The number of carboxylic acids is 1. The third-order valence-corrected chi connectivity index (χ3v) is 3.19. The third-order valence-electron chi connectivity index (χ3n) is 3.19. The van der Waals surface area contributed by atoms with Crippen LogP contribution in [-0.4, -0.2) is 32.2 Å². The molecule has 2 N–H and O–H groups in total. The predicted molar refractivity (Wildman–Crippen MR) is 66.4 cm³/mol. The number of anilines is 1. The van der Waals surface area contributed by atoms with Gasteiger partial charge in [-0.3, -0.25) is 14.9 Å². The standard InChI is InChI=1S/C12H16N4O3/c1-3-8-9(4-2)15-16-12(13-8)14-10(17)6-5-7(6)11(18)19/h6-7H,3-5H2,1-2H3,(H,18,19)(H,13,14,16,17). The van der Waals surface area contributed by atoms with Gasteiger partial charge in [-0.15, -0.1) is 10.2 Å². The van der Waals surface area contributed by atoms with Crippen LogP contribution >= 0.6 is 0 Å². The molecule has 1 aromatic rings. The average Bonchev–Trinajstić information content (AvgIpc) is 3.19. The highest BCUT2D eigenvalue weighted by atomic mass is 16.4. The molecular formula is C12H16N4O3. The molecule has 1 amide bonds. The van der Waals surface area contributed by atoms with E-state index >= 15 is 0 Å². The first-order valence-electron chi connectivity index (χ1n) is 6.32. The molecule has 1 aliphatic carbocycles. The predicted octanol–water partition coefficient (Wildman–Crippen LogP) is 0.656. The summed E-state index contributed by atoms with van der Waals surface area (Å²) in [5.74, 6) is -2.18. The SMILES string of the molecule is CCc1nnc(NC(=O)C2CC2C(=O)O)nc1CC. The zero-order chi connectivity index (χ0) is 14.0. The van der Waals surface area contributed by atoms with Crippen LogP contribution in [0.4, 0.5) is 5.95 Å². The second-order valence-corrected chi connectivity index (χ2v) is 4.51. The van der Waals surface area contributed by atoms with Crippen molar-refractivity contribution in [3.63, 3.8) is 0 Å². The van der Waals surface area contributed by atoms with Crippen molar-refractivity contribution in [2.24, 2.45) is 11.8 Å². The Balaban J connectivity index is 2.04. The number of nitrogens with one attached hydrogen (secondary N) is 1. The molecule has 1 aromatic heterocycles. The molecule has 1 saturated carbocycles. The fourth-order valence-electron chi connectivity index (χ4n) is 1.95. The van der Waals surface area contributed by atoms with Gasteiger partial charge in [-0.2, -0.15) is 0 Å². The molecule has 0 bridgehead atoms. The van der Waals surface area contributed by atoms with Crippen molar-refractivity contribution in [2.45, 2.75) is 33.1 Å². The Hall–Kier alpha value is -2.05. The molecule has 0 saturated heterocycles. The summed E-state index contributed by atoms with van der Waals surface area (Å²) in [6.07, 6.45) is 1.83. The molecule has 0 radical (unpaired) electrons. The average molecular weight is 264 g/mol. The van der Waals surface area contributed by atoms with Gasteiger partial charge in [0.1, 0.15) is 0 Å². The van der Waals surface area contributed by atoms with Crippen LogP contribution in [0.2, 0.25) is 0 Å². The van der Waals surface area contributed by atoms with E-state index in [9.17, 15) is 9.59 Å². The van der Waals surface area contributed by atoms with E-state index in [1.165, 1.54) is 0 Å².